The van der Waals surface area contributed by atoms with Gasteiger partial charge in [0.2, 0.25) is 0 Å². The quantitative estimate of drug-likeness (QED) is 0.882. The molecule has 2 atom stereocenters. The van der Waals surface area contributed by atoms with Crippen molar-refractivity contribution in [2.24, 2.45) is 0 Å². The van der Waals surface area contributed by atoms with Crippen molar-refractivity contribution in [2.75, 3.05) is 6.54 Å². The van der Waals surface area contributed by atoms with Crippen molar-refractivity contribution in [2.45, 2.75) is 43.7 Å². The molecule has 1 saturated carbocycles. The Bertz CT molecular complexity index is 569. The van der Waals surface area contributed by atoms with E-state index in [1.807, 2.05) is 30.3 Å². The van der Waals surface area contributed by atoms with Crippen LogP contribution in [0.3, 0.4) is 0 Å². The van der Waals surface area contributed by atoms with E-state index in [-0.39, 0.29) is 0 Å². The SMILES string of the molecule is O[C@]1(c2ccccc2)CCC[C@H](NCCc2ccccc2)C1. The fraction of sp³-hybridized carbons (Fsp3) is 0.400. The average Bonchev–Trinajstić information content (AvgIpc) is 2.57. The number of nitrogens with one attached hydrogen (secondary N) is 1. The van der Waals surface area contributed by atoms with Gasteiger partial charge in [0.25, 0.3) is 0 Å². The molecule has 0 amide bonds. The summed E-state index contributed by atoms with van der Waals surface area (Å²) in [5.74, 6) is 0. The Hall–Kier alpha value is -1.64. The molecule has 0 aliphatic heterocycles. The summed E-state index contributed by atoms with van der Waals surface area (Å²) >= 11 is 0. The second-order valence-electron chi connectivity index (χ2n) is 6.38. The highest BCUT2D eigenvalue weighted by atomic mass is 16.3. The first kappa shape index (κ1) is 15.3. The van der Waals surface area contributed by atoms with Crippen molar-refractivity contribution in [1.29, 1.82) is 0 Å². The van der Waals surface area contributed by atoms with Gasteiger partial charge in [-0.15, -0.1) is 0 Å². The molecule has 2 heteroatoms. The lowest BCUT2D eigenvalue weighted by Crippen LogP contribution is -2.42. The molecule has 2 aromatic rings. The van der Waals surface area contributed by atoms with Gasteiger partial charge >= 0.3 is 0 Å². The van der Waals surface area contributed by atoms with Gasteiger partial charge in [0.1, 0.15) is 0 Å². The molecular formula is C20H25NO. The van der Waals surface area contributed by atoms with Gasteiger partial charge in [0.15, 0.2) is 0 Å². The first-order chi connectivity index (χ1) is 10.8. The average molecular weight is 295 g/mol. The van der Waals surface area contributed by atoms with Crippen LogP contribution in [-0.4, -0.2) is 17.7 Å². The molecule has 0 unspecified atom stereocenters. The van der Waals surface area contributed by atoms with Crippen LogP contribution in [0.1, 0.15) is 36.8 Å². The third kappa shape index (κ3) is 3.76. The van der Waals surface area contributed by atoms with Crippen LogP contribution in [0.5, 0.6) is 0 Å². The molecule has 1 fully saturated rings. The lowest BCUT2D eigenvalue weighted by atomic mass is 9.77. The fourth-order valence-electron chi connectivity index (χ4n) is 3.50. The molecule has 0 radical (unpaired) electrons. The number of rotatable bonds is 5. The molecule has 2 aromatic carbocycles. The van der Waals surface area contributed by atoms with Gasteiger partial charge in [-0.1, -0.05) is 60.7 Å². The molecule has 116 valence electrons. The Labute approximate surface area is 133 Å². The maximum Gasteiger partial charge on any atom is 0.0911 e. The van der Waals surface area contributed by atoms with Crippen molar-refractivity contribution in [3.05, 3.63) is 71.8 Å². The zero-order valence-electron chi connectivity index (χ0n) is 13.0. The van der Waals surface area contributed by atoms with E-state index >= 15 is 0 Å². The second-order valence-corrected chi connectivity index (χ2v) is 6.38. The van der Waals surface area contributed by atoms with Gasteiger partial charge in [-0.25, -0.2) is 0 Å². The maximum absolute atomic E-state index is 11.0. The Morgan fingerprint density at radius 3 is 2.41 bits per heavy atom. The monoisotopic (exact) mass is 295 g/mol. The summed E-state index contributed by atoms with van der Waals surface area (Å²) in [5.41, 5.74) is 1.76. The molecule has 0 spiro atoms. The van der Waals surface area contributed by atoms with Crippen LogP contribution in [0.4, 0.5) is 0 Å². The third-order valence-corrected chi connectivity index (χ3v) is 4.73. The van der Waals surface area contributed by atoms with E-state index in [4.69, 9.17) is 0 Å². The van der Waals surface area contributed by atoms with E-state index < -0.39 is 5.60 Å². The van der Waals surface area contributed by atoms with E-state index in [1.54, 1.807) is 0 Å². The lowest BCUT2D eigenvalue weighted by Gasteiger charge is -2.37. The summed E-state index contributed by atoms with van der Waals surface area (Å²) in [4.78, 5) is 0. The van der Waals surface area contributed by atoms with Crippen LogP contribution in [0, 0.1) is 0 Å². The summed E-state index contributed by atoms with van der Waals surface area (Å²) in [7, 11) is 0. The summed E-state index contributed by atoms with van der Waals surface area (Å²) in [6.07, 6.45) is 4.96. The lowest BCUT2D eigenvalue weighted by molar-refractivity contribution is -0.0122. The van der Waals surface area contributed by atoms with Gasteiger partial charge < -0.3 is 10.4 Å². The van der Waals surface area contributed by atoms with Crippen LogP contribution >= 0.6 is 0 Å². The van der Waals surface area contributed by atoms with Crippen LogP contribution in [0.15, 0.2) is 60.7 Å². The molecule has 2 nitrogen and oxygen atoms in total. The Kier molecular flexibility index (Phi) is 4.91. The molecule has 3 rings (SSSR count). The third-order valence-electron chi connectivity index (χ3n) is 4.73. The normalized spacial score (nSPS) is 25.0. The molecule has 1 aliphatic carbocycles. The minimum atomic E-state index is -0.663. The van der Waals surface area contributed by atoms with Crippen molar-refractivity contribution in [3.63, 3.8) is 0 Å². The number of hydrogen-bond donors (Lipinski definition) is 2. The van der Waals surface area contributed by atoms with Gasteiger partial charge in [-0.3, -0.25) is 0 Å². The van der Waals surface area contributed by atoms with Gasteiger partial charge in [0.05, 0.1) is 5.60 Å². The van der Waals surface area contributed by atoms with Crippen LogP contribution in [0.25, 0.3) is 0 Å². The molecule has 22 heavy (non-hydrogen) atoms. The standard InChI is InChI=1S/C20H25NO/c22-20(18-10-5-2-6-11-18)14-7-12-19(16-20)21-15-13-17-8-3-1-4-9-17/h1-6,8-11,19,21-22H,7,12-16H2/t19-,20+/m0/s1. The molecule has 0 saturated heterocycles. The molecule has 2 N–H and O–H groups in total. The first-order valence-corrected chi connectivity index (χ1v) is 8.31. The van der Waals surface area contributed by atoms with Crippen molar-refractivity contribution in [3.8, 4) is 0 Å². The highest BCUT2D eigenvalue weighted by molar-refractivity contribution is 5.23. The Morgan fingerprint density at radius 2 is 1.68 bits per heavy atom. The topological polar surface area (TPSA) is 32.3 Å². The van der Waals surface area contributed by atoms with E-state index in [2.05, 4.69) is 35.6 Å². The summed E-state index contributed by atoms with van der Waals surface area (Å²) in [6, 6.07) is 21.1. The number of aliphatic hydroxyl groups is 1. The predicted octanol–water partition coefficient (Wildman–Crippen LogP) is 3.65. The predicted molar refractivity (Wildman–Crippen MR) is 90.7 cm³/mol. The van der Waals surface area contributed by atoms with Gasteiger partial charge in [-0.05, 0) is 49.8 Å². The van der Waals surface area contributed by atoms with Crippen molar-refractivity contribution in [1.82, 2.24) is 5.32 Å². The van der Waals surface area contributed by atoms with E-state index in [1.165, 1.54) is 5.56 Å². The van der Waals surface area contributed by atoms with Crippen LogP contribution < -0.4 is 5.32 Å². The highest BCUT2D eigenvalue weighted by Gasteiger charge is 2.35. The van der Waals surface area contributed by atoms with Gasteiger partial charge in [-0.2, -0.15) is 0 Å². The maximum atomic E-state index is 11.0. The van der Waals surface area contributed by atoms with E-state index in [0.29, 0.717) is 6.04 Å². The minimum absolute atomic E-state index is 0.405. The van der Waals surface area contributed by atoms with Crippen molar-refractivity contribution >= 4 is 0 Å². The molecule has 1 aliphatic rings. The summed E-state index contributed by atoms with van der Waals surface area (Å²) in [5, 5.41) is 14.6. The van der Waals surface area contributed by atoms with E-state index in [0.717, 1.165) is 44.2 Å². The zero-order valence-corrected chi connectivity index (χ0v) is 13.0. The Morgan fingerprint density at radius 1 is 1.00 bits per heavy atom. The Balaban J connectivity index is 1.55. The minimum Gasteiger partial charge on any atom is -0.385 e. The van der Waals surface area contributed by atoms with Gasteiger partial charge in [0, 0.05) is 6.04 Å². The zero-order chi connectivity index (χ0) is 15.3. The number of benzene rings is 2. The number of hydrogen-bond acceptors (Lipinski definition) is 2. The van der Waals surface area contributed by atoms with E-state index in [9.17, 15) is 5.11 Å². The molecule has 0 heterocycles. The molecule has 0 bridgehead atoms. The van der Waals surface area contributed by atoms with Crippen LogP contribution in [0.2, 0.25) is 0 Å². The van der Waals surface area contributed by atoms with Crippen molar-refractivity contribution < 1.29 is 5.11 Å². The van der Waals surface area contributed by atoms with Crippen LogP contribution in [-0.2, 0) is 12.0 Å². The molecular weight excluding hydrogens is 270 g/mol. The first-order valence-electron chi connectivity index (χ1n) is 8.31. The summed E-state index contributed by atoms with van der Waals surface area (Å²) < 4.78 is 0. The smallest absolute Gasteiger partial charge is 0.0911 e. The second kappa shape index (κ2) is 7.08. The largest absolute Gasteiger partial charge is 0.385 e. The fourth-order valence-corrected chi connectivity index (χ4v) is 3.50. The molecule has 0 aromatic heterocycles. The summed E-state index contributed by atoms with van der Waals surface area (Å²) in [6.45, 7) is 0.972. The highest BCUT2D eigenvalue weighted by Crippen LogP contribution is 2.36.